The van der Waals surface area contributed by atoms with Gasteiger partial charge in [-0.25, -0.2) is 9.59 Å². The summed E-state index contributed by atoms with van der Waals surface area (Å²) < 4.78 is 23.8. The smallest absolute Gasteiger partial charge is 0.338 e. The van der Waals surface area contributed by atoms with Gasteiger partial charge in [0.1, 0.15) is 0 Å². The van der Waals surface area contributed by atoms with Gasteiger partial charge in [-0.15, -0.1) is 0 Å². The van der Waals surface area contributed by atoms with Gasteiger partial charge in [-0.3, -0.25) is 0 Å². The highest BCUT2D eigenvalue weighted by molar-refractivity contribution is 7.81. The van der Waals surface area contributed by atoms with Crippen molar-refractivity contribution in [2.24, 2.45) is 0 Å². The fourth-order valence-corrected chi connectivity index (χ4v) is 5.27. The largest absolute Gasteiger partial charge is 0.466 e. The van der Waals surface area contributed by atoms with Crippen molar-refractivity contribution in [2.45, 2.75) is 6.92 Å². The van der Waals surface area contributed by atoms with Crippen LogP contribution in [0.3, 0.4) is 0 Å². The van der Waals surface area contributed by atoms with E-state index in [1.165, 1.54) is 20.0 Å². The molecule has 0 spiro atoms. The van der Waals surface area contributed by atoms with E-state index in [1.807, 2.05) is 12.1 Å². The third kappa shape index (κ3) is 5.21. The second-order valence-corrected chi connectivity index (χ2v) is 8.83. The average molecular weight is 410 g/mol. The van der Waals surface area contributed by atoms with Crippen LogP contribution < -0.4 is 10.6 Å². The fourth-order valence-electron chi connectivity index (χ4n) is 2.72. The third-order valence-electron chi connectivity index (χ3n) is 4.21. The van der Waals surface area contributed by atoms with E-state index in [0.29, 0.717) is 16.2 Å². The van der Waals surface area contributed by atoms with Crippen LogP contribution in [0.5, 0.6) is 0 Å². The van der Waals surface area contributed by atoms with Crippen molar-refractivity contribution in [1.29, 1.82) is 0 Å². The molecule has 0 saturated heterocycles. The van der Waals surface area contributed by atoms with Crippen LogP contribution >= 0.6 is 7.14 Å². The summed E-state index contributed by atoms with van der Waals surface area (Å²) in [5, 5.41) is 1.18. The molecule has 150 valence electrons. The van der Waals surface area contributed by atoms with Crippen molar-refractivity contribution in [3.8, 4) is 0 Å². The molecule has 2 aromatic rings. The van der Waals surface area contributed by atoms with Crippen molar-refractivity contribution in [3.05, 3.63) is 95.9 Å². The van der Waals surface area contributed by atoms with Gasteiger partial charge in [-0.2, -0.15) is 0 Å². The number of carbonyl (C=O) groups excluding carboxylic acids is 2. The Kier molecular flexibility index (Phi) is 7.52. The fraction of sp³-hybridized carbons (Fsp3) is 0.130. The molecule has 2 rings (SSSR count). The molecule has 0 radical (unpaired) electrons. The Morgan fingerprint density at radius 1 is 0.862 bits per heavy atom. The first-order valence-corrected chi connectivity index (χ1v) is 10.6. The number of allylic oxidation sites excluding steroid dienone is 1. The van der Waals surface area contributed by atoms with Gasteiger partial charge in [0.25, 0.3) is 0 Å². The molecule has 6 heteroatoms. The van der Waals surface area contributed by atoms with E-state index in [1.54, 1.807) is 55.5 Å². The summed E-state index contributed by atoms with van der Waals surface area (Å²) in [6.07, 6.45) is 1.02. The van der Waals surface area contributed by atoms with E-state index in [4.69, 9.17) is 4.74 Å². The van der Waals surface area contributed by atoms with Crippen molar-refractivity contribution >= 4 is 29.7 Å². The SMILES string of the molecule is C=C(C)C(=C\P(=O)(c1ccccc1)c1ccccc1)/C(=C/C(=O)OC)C(=O)OC. The number of methoxy groups -OCH3 is 2. The van der Waals surface area contributed by atoms with E-state index in [9.17, 15) is 14.2 Å². The van der Waals surface area contributed by atoms with Gasteiger partial charge in [-0.05, 0) is 18.3 Å². The van der Waals surface area contributed by atoms with E-state index < -0.39 is 19.1 Å². The highest BCUT2D eigenvalue weighted by atomic mass is 31.2. The maximum Gasteiger partial charge on any atom is 0.338 e. The van der Waals surface area contributed by atoms with Crippen molar-refractivity contribution < 1.29 is 23.6 Å². The number of ether oxygens (including phenoxy) is 2. The third-order valence-corrected chi connectivity index (χ3v) is 6.96. The zero-order valence-electron chi connectivity index (χ0n) is 16.6. The summed E-state index contributed by atoms with van der Waals surface area (Å²) in [7, 11) is -0.903. The second kappa shape index (κ2) is 9.85. The minimum Gasteiger partial charge on any atom is -0.466 e. The van der Waals surface area contributed by atoms with Gasteiger partial charge in [-0.1, -0.05) is 72.8 Å². The molecule has 0 fully saturated rings. The highest BCUT2D eigenvalue weighted by Gasteiger charge is 2.28. The molecule has 0 aliphatic carbocycles. The number of carbonyl (C=O) groups is 2. The van der Waals surface area contributed by atoms with Crippen LogP contribution in [-0.2, 0) is 23.6 Å². The molecule has 0 atom stereocenters. The first-order chi connectivity index (χ1) is 13.8. The maximum atomic E-state index is 14.3. The number of rotatable bonds is 7. The van der Waals surface area contributed by atoms with Crippen molar-refractivity contribution in [3.63, 3.8) is 0 Å². The second-order valence-electron chi connectivity index (χ2n) is 6.22. The van der Waals surface area contributed by atoms with Gasteiger partial charge in [0.05, 0.1) is 19.8 Å². The molecule has 0 aromatic heterocycles. The van der Waals surface area contributed by atoms with Gasteiger partial charge in [0.2, 0.25) is 0 Å². The number of hydrogen-bond donors (Lipinski definition) is 0. The zero-order valence-corrected chi connectivity index (χ0v) is 17.5. The maximum absolute atomic E-state index is 14.3. The molecule has 2 aromatic carbocycles. The van der Waals surface area contributed by atoms with Crippen LogP contribution in [0.1, 0.15) is 6.92 Å². The number of benzene rings is 2. The van der Waals surface area contributed by atoms with Gasteiger partial charge in [0.15, 0.2) is 7.14 Å². The lowest BCUT2D eigenvalue weighted by molar-refractivity contribution is -0.138. The van der Waals surface area contributed by atoms with E-state index in [0.717, 1.165) is 6.08 Å². The molecule has 0 N–H and O–H groups in total. The molecule has 0 bridgehead atoms. The zero-order chi connectivity index (χ0) is 21.4. The molecule has 0 amide bonds. The van der Waals surface area contributed by atoms with Gasteiger partial charge in [0, 0.05) is 16.7 Å². The normalized spacial score (nSPS) is 12.2. The van der Waals surface area contributed by atoms with Gasteiger partial charge >= 0.3 is 11.9 Å². The molecular weight excluding hydrogens is 387 g/mol. The molecule has 0 aliphatic rings. The summed E-state index contributed by atoms with van der Waals surface area (Å²) in [5.74, 6) is 0.0234. The molecule has 5 nitrogen and oxygen atoms in total. The summed E-state index contributed by atoms with van der Waals surface area (Å²) in [6, 6.07) is 17.9. The monoisotopic (exact) mass is 410 g/mol. The van der Waals surface area contributed by atoms with Crippen LogP contribution in [0.2, 0.25) is 0 Å². The van der Waals surface area contributed by atoms with Crippen molar-refractivity contribution in [1.82, 2.24) is 0 Å². The Hall–Kier alpha value is -3.17. The highest BCUT2D eigenvalue weighted by Crippen LogP contribution is 2.47. The van der Waals surface area contributed by atoms with Crippen LogP contribution in [0.15, 0.2) is 95.9 Å². The molecule has 29 heavy (non-hydrogen) atoms. The molecular formula is C23H23O5P. The Morgan fingerprint density at radius 3 is 1.72 bits per heavy atom. The topological polar surface area (TPSA) is 69.7 Å². The average Bonchev–Trinajstić information content (AvgIpc) is 2.76. The van der Waals surface area contributed by atoms with E-state index in [-0.39, 0.29) is 11.1 Å². The van der Waals surface area contributed by atoms with Gasteiger partial charge < -0.3 is 14.0 Å². The summed E-state index contributed by atoms with van der Waals surface area (Å²) in [5.41, 5.74) is 0.648. The minimum atomic E-state index is -3.31. The summed E-state index contributed by atoms with van der Waals surface area (Å²) in [6.45, 7) is 5.57. The molecule has 0 aliphatic heterocycles. The van der Waals surface area contributed by atoms with Crippen LogP contribution in [0.4, 0.5) is 0 Å². The Labute approximate surface area is 170 Å². The number of esters is 2. The Morgan fingerprint density at radius 2 is 1.34 bits per heavy atom. The number of hydrogen-bond acceptors (Lipinski definition) is 5. The van der Waals surface area contributed by atoms with E-state index in [2.05, 4.69) is 11.3 Å². The van der Waals surface area contributed by atoms with Crippen LogP contribution in [0.25, 0.3) is 0 Å². The first kappa shape index (κ1) is 22.1. The summed E-state index contributed by atoms with van der Waals surface area (Å²) in [4.78, 5) is 24.2. The van der Waals surface area contributed by atoms with E-state index >= 15 is 0 Å². The standard InChI is InChI=1S/C23H23O5P/c1-17(2)21(20(23(25)28-4)15-22(24)27-3)16-29(26,18-11-7-5-8-12-18)19-13-9-6-10-14-19/h5-16H,1H2,2-4H3/b20-15-,21-16+. The molecule has 0 unspecified atom stereocenters. The molecule has 0 saturated carbocycles. The first-order valence-electron chi connectivity index (χ1n) is 8.81. The quantitative estimate of drug-likeness (QED) is 0.301. The van der Waals surface area contributed by atoms with Crippen LogP contribution in [-0.4, -0.2) is 26.2 Å². The molecule has 0 heterocycles. The lowest BCUT2D eigenvalue weighted by Crippen LogP contribution is -2.16. The summed E-state index contributed by atoms with van der Waals surface area (Å²) >= 11 is 0. The minimum absolute atomic E-state index is 0.0704. The van der Waals surface area contributed by atoms with Crippen LogP contribution in [0, 0.1) is 0 Å². The Balaban J connectivity index is 2.81. The van der Waals surface area contributed by atoms with Crippen molar-refractivity contribution in [2.75, 3.05) is 14.2 Å². The lowest BCUT2D eigenvalue weighted by Gasteiger charge is -2.19. The Bertz CT molecular complexity index is 961. The predicted octanol–water partition coefficient (Wildman–Crippen LogP) is 3.73. The lowest BCUT2D eigenvalue weighted by atomic mass is 10.0. The predicted molar refractivity (Wildman–Crippen MR) is 115 cm³/mol.